The van der Waals surface area contributed by atoms with Gasteiger partial charge >= 0.3 is 5.69 Å². The van der Waals surface area contributed by atoms with Crippen molar-refractivity contribution in [1.29, 1.82) is 0 Å². The highest BCUT2D eigenvalue weighted by Crippen LogP contribution is 2.25. The first-order valence-electron chi connectivity index (χ1n) is 20.0. The molecule has 6 aromatic rings. The second-order valence-electron chi connectivity index (χ2n) is 15.1. The highest BCUT2D eigenvalue weighted by atomic mass is 19.1. The van der Waals surface area contributed by atoms with Crippen LogP contribution in [0.2, 0.25) is 0 Å². The zero-order valence-corrected chi connectivity index (χ0v) is 35.8. The second-order valence-corrected chi connectivity index (χ2v) is 15.1. The van der Waals surface area contributed by atoms with Crippen molar-refractivity contribution in [1.82, 2.24) is 19.8 Å². The number of likely N-dealkylation sites (N-methyl/N-ethyl adjacent to an activating group) is 2. The van der Waals surface area contributed by atoms with Crippen LogP contribution >= 0.6 is 0 Å². The fraction of sp³-hybridized carbons (Fsp3) is 0.255. The van der Waals surface area contributed by atoms with Gasteiger partial charge < -0.3 is 29.9 Å². The summed E-state index contributed by atoms with van der Waals surface area (Å²) in [6.07, 6.45) is -0.647. The van der Waals surface area contributed by atoms with Crippen LogP contribution in [0.5, 0.6) is 11.5 Å². The van der Waals surface area contributed by atoms with Crippen molar-refractivity contribution in [2.24, 2.45) is 0 Å². The van der Waals surface area contributed by atoms with Gasteiger partial charge in [0.2, 0.25) is 23.6 Å². The Hall–Kier alpha value is -7.43. The van der Waals surface area contributed by atoms with Gasteiger partial charge in [0.25, 0.3) is 0 Å². The Labute approximate surface area is 365 Å². The molecule has 2 N–H and O–H groups in total. The molecule has 17 heteroatoms. The standard InChI is InChI=1S/C47H46F4N6O7/c1-27(43(58)52-39(23-29-19-31(48)25-32(49)20-29)45(60)54(3)35-11-15-37(63-5)16-12-35)56-41-9-7-8-10-42(41)57(47(56)62)28(2)44(59)53-40(24-30-21-33(50)26-34(51)22-30)46(61)55(4)36-13-17-38(64-6)18-14-36/h7-22,25-28,39-40H,23-24H2,1-6H3,(H,52,58)(H,53,59)/t27?,28?,39-,40?/m0/s1. The lowest BCUT2D eigenvalue weighted by Crippen LogP contribution is -2.51. The molecular formula is C47H46F4N6O7. The van der Waals surface area contributed by atoms with Crippen molar-refractivity contribution >= 4 is 46.0 Å². The van der Waals surface area contributed by atoms with Gasteiger partial charge in [-0.3, -0.25) is 28.3 Å². The maximum Gasteiger partial charge on any atom is 0.330 e. The number of imidazole rings is 1. The van der Waals surface area contributed by atoms with Crippen LogP contribution in [0.15, 0.2) is 114 Å². The number of ether oxygens (including phenoxy) is 2. The van der Waals surface area contributed by atoms with Crippen molar-refractivity contribution in [2.45, 2.75) is 50.9 Å². The minimum atomic E-state index is -1.38. The molecule has 0 spiro atoms. The maximum atomic E-state index is 14.5. The van der Waals surface area contributed by atoms with E-state index in [1.54, 1.807) is 72.8 Å². The number of nitrogens with zero attached hydrogens (tertiary/aromatic N) is 4. The number of rotatable bonds is 16. The van der Waals surface area contributed by atoms with Crippen LogP contribution in [-0.4, -0.2) is 73.2 Å². The summed E-state index contributed by atoms with van der Waals surface area (Å²) < 4.78 is 70.0. The molecule has 0 bridgehead atoms. The molecule has 4 amide bonds. The minimum Gasteiger partial charge on any atom is -0.497 e. The number of carbonyl (C=O) groups is 4. The van der Waals surface area contributed by atoms with E-state index in [1.165, 1.54) is 52.0 Å². The normalized spacial score (nSPS) is 13.0. The summed E-state index contributed by atoms with van der Waals surface area (Å²) in [6, 6.07) is 19.5. The molecular weight excluding hydrogens is 837 g/mol. The molecule has 3 unspecified atom stereocenters. The van der Waals surface area contributed by atoms with Gasteiger partial charge in [-0.2, -0.15) is 0 Å². The summed E-state index contributed by atoms with van der Waals surface area (Å²) in [7, 11) is 5.90. The number of hydrogen-bond donors (Lipinski definition) is 2. The summed E-state index contributed by atoms with van der Waals surface area (Å²) in [4.78, 5) is 73.5. The topological polar surface area (TPSA) is 144 Å². The zero-order chi connectivity index (χ0) is 46.4. The molecule has 64 heavy (non-hydrogen) atoms. The molecule has 4 atom stereocenters. The summed E-state index contributed by atoms with van der Waals surface area (Å²) in [6.45, 7) is 2.83. The Morgan fingerprint density at radius 2 is 0.891 bits per heavy atom. The van der Waals surface area contributed by atoms with E-state index in [-0.39, 0.29) is 35.0 Å². The van der Waals surface area contributed by atoms with Gasteiger partial charge in [-0.05, 0) is 110 Å². The largest absolute Gasteiger partial charge is 0.497 e. The van der Waals surface area contributed by atoms with Crippen LogP contribution in [0.3, 0.4) is 0 Å². The summed E-state index contributed by atoms with van der Waals surface area (Å²) >= 11 is 0. The Morgan fingerprint density at radius 3 is 1.20 bits per heavy atom. The quantitative estimate of drug-likeness (QED) is 0.109. The fourth-order valence-electron chi connectivity index (χ4n) is 7.42. The molecule has 0 aliphatic heterocycles. The third kappa shape index (κ3) is 10.3. The van der Waals surface area contributed by atoms with E-state index in [4.69, 9.17) is 9.47 Å². The van der Waals surface area contributed by atoms with Crippen molar-refractivity contribution in [2.75, 3.05) is 38.1 Å². The zero-order valence-electron chi connectivity index (χ0n) is 35.8. The van der Waals surface area contributed by atoms with Crippen LogP contribution in [-0.2, 0) is 32.0 Å². The molecule has 1 heterocycles. The van der Waals surface area contributed by atoms with Gasteiger partial charge in [0.05, 0.1) is 25.3 Å². The molecule has 0 fully saturated rings. The number of amides is 4. The number of fused-ring (bicyclic) bond motifs is 1. The van der Waals surface area contributed by atoms with Gasteiger partial charge in [-0.1, -0.05) is 12.1 Å². The predicted molar refractivity (Wildman–Crippen MR) is 232 cm³/mol. The molecule has 0 saturated heterocycles. The number of hydrogen-bond acceptors (Lipinski definition) is 7. The number of benzene rings is 5. The highest BCUT2D eigenvalue weighted by Gasteiger charge is 2.33. The number of nitrogens with one attached hydrogen (secondary N) is 2. The number of aromatic nitrogens is 2. The lowest BCUT2D eigenvalue weighted by Gasteiger charge is -2.26. The van der Waals surface area contributed by atoms with Crippen molar-refractivity contribution in [3.63, 3.8) is 0 Å². The van der Waals surface area contributed by atoms with E-state index in [2.05, 4.69) is 10.6 Å². The van der Waals surface area contributed by atoms with E-state index in [0.717, 1.165) is 33.4 Å². The Kier molecular flexibility index (Phi) is 14.2. The number of halogens is 4. The maximum absolute atomic E-state index is 14.5. The lowest BCUT2D eigenvalue weighted by atomic mass is 10.0. The molecule has 5 aromatic carbocycles. The highest BCUT2D eigenvalue weighted by molar-refractivity contribution is 6.00. The Balaban J connectivity index is 1.30. The Morgan fingerprint density at radius 1 is 0.562 bits per heavy atom. The minimum absolute atomic E-state index is 0.0788. The molecule has 0 aliphatic carbocycles. The first-order valence-corrected chi connectivity index (χ1v) is 20.0. The number of methoxy groups -OCH3 is 2. The summed E-state index contributed by atoms with van der Waals surface area (Å²) in [5, 5.41) is 5.36. The van der Waals surface area contributed by atoms with Gasteiger partial charge in [0.1, 0.15) is 58.9 Å². The van der Waals surface area contributed by atoms with Gasteiger partial charge in [-0.15, -0.1) is 0 Å². The summed E-state index contributed by atoms with van der Waals surface area (Å²) in [5.41, 5.74) is 0.682. The van der Waals surface area contributed by atoms with Gasteiger partial charge in [0, 0.05) is 50.4 Å². The van der Waals surface area contributed by atoms with E-state index >= 15 is 0 Å². The van der Waals surface area contributed by atoms with Crippen LogP contribution in [0.1, 0.15) is 37.1 Å². The second kappa shape index (κ2) is 19.7. The third-order valence-electron chi connectivity index (χ3n) is 10.9. The van der Waals surface area contributed by atoms with E-state index in [1.807, 2.05) is 0 Å². The molecule has 334 valence electrons. The average molecular weight is 883 g/mol. The molecule has 0 aliphatic rings. The lowest BCUT2D eigenvalue weighted by molar-refractivity contribution is -0.129. The smallest absolute Gasteiger partial charge is 0.330 e. The van der Waals surface area contributed by atoms with Gasteiger partial charge in [0.15, 0.2) is 0 Å². The molecule has 0 saturated carbocycles. The van der Waals surface area contributed by atoms with Crippen molar-refractivity contribution in [3.8, 4) is 11.5 Å². The molecule has 1 aromatic heterocycles. The number of para-hydroxylation sites is 2. The van der Waals surface area contributed by atoms with E-state index in [9.17, 15) is 41.5 Å². The van der Waals surface area contributed by atoms with Crippen molar-refractivity contribution < 1.29 is 46.2 Å². The summed E-state index contributed by atoms with van der Waals surface area (Å²) in [5.74, 6) is -5.38. The molecule has 0 radical (unpaired) electrons. The van der Waals surface area contributed by atoms with Crippen LogP contribution < -0.4 is 35.6 Å². The van der Waals surface area contributed by atoms with E-state index in [0.29, 0.717) is 35.0 Å². The average Bonchev–Trinajstić information content (AvgIpc) is 3.57. The van der Waals surface area contributed by atoms with Crippen molar-refractivity contribution in [3.05, 3.63) is 154 Å². The predicted octanol–water partition coefficient (Wildman–Crippen LogP) is 6.28. The number of anilines is 2. The first kappa shape index (κ1) is 46.1. The van der Waals surface area contributed by atoms with E-state index < -0.39 is 76.8 Å². The van der Waals surface area contributed by atoms with Gasteiger partial charge in [-0.25, -0.2) is 22.4 Å². The Bertz CT molecular complexity index is 2520. The monoisotopic (exact) mass is 882 g/mol. The third-order valence-corrected chi connectivity index (χ3v) is 10.9. The van der Waals surface area contributed by atoms with Crippen LogP contribution in [0, 0.1) is 23.3 Å². The first-order chi connectivity index (χ1) is 30.5. The molecule has 13 nitrogen and oxygen atoms in total. The fourth-order valence-corrected chi connectivity index (χ4v) is 7.42. The SMILES string of the molecule is COc1ccc(N(C)C(=O)C(Cc2cc(F)cc(F)c2)NC(=O)C(C)n2c(=O)n(C(C)C(=O)N[C@@H](Cc3cc(F)cc(F)c3)C(=O)N(C)c3ccc(OC)cc3)c3ccccc32)cc1. The number of carbonyl (C=O) groups excluding carboxylic acids is 4. The van der Waals surface area contributed by atoms with Crippen LogP contribution in [0.25, 0.3) is 11.0 Å². The van der Waals surface area contributed by atoms with Crippen LogP contribution in [0.4, 0.5) is 28.9 Å². The molecule has 6 rings (SSSR count).